The molecule has 0 radical (unpaired) electrons. The van der Waals surface area contributed by atoms with E-state index in [0.29, 0.717) is 5.82 Å². The number of rotatable bonds is 4. The minimum absolute atomic E-state index is 0.130. The first-order chi connectivity index (χ1) is 13.3. The Kier molecular flexibility index (Phi) is 6.16. The maximum Gasteiger partial charge on any atom is 0.416 e. The number of hydrogen-bond donors (Lipinski definition) is 2. The highest BCUT2D eigenvalue weighted by atomic mass is 19.4. The molecule has 28 heavy (non-hydrogen) atoms. The molecule has 0 bridgehead atoms. The average Bonchev–Trinajstić information content (AvgIpc) is 2.89. The molecule has 5 nitrogen and oxygen atoms in total. The molecule has 0 saturated heterocycles. The van der Waals surface area contributed by atoms with Crippen molar-refractivity contribution in [2.45, 2.75) is 57.7 Å². The summed E-state index contributed by atoms with van der Waals surface area (Å²) in [7, 11) is 0. The maximum atomic E-state index is 12.9. The molecule has 0 atom stereocenters. The van der Waals surface area contributed by atoms with E-state index < -0.39 is 11.7 Å². The van der Waals surface area contributed by atoms with Crippen LogP contribution in [0.25, 0.3) is 0 Å². The molecule has 2 N–H and O–H groups in total. The summed E-state index contributed by atoms with van der Waals surface area (Å²) in [6.45, 7) is 1.64. The zero-order valence-electron chi connectivity index (χ0n) is 15.6. The summed E-state index contributed by atoms with van der Waals surface area (Å²) in [5.74, 6) is 0.352. The van der Waals surface area contributed by atoms with Crippen LogP contribution in [0.4, 0.5) is 24.7 Å². The summed E-state index contributed by atoms with van der Waals surface area (Å²) in [6.07, 6.45) is 2.03. The van der Waals surface area contributed by atoms with Gasteiger partial charge < -0.3 is 10.6 Å². The predicted molar refractivity (Wildman–Crippen MR) is 100 cm³/mol. The van der Waals surface area contributed by atoms with Crippen LogP contribution in [0.3, 0.4) is 0 Å². The van der Waals surface area contributed by atoms with Gasteiger partial charge in [-0.15, -0.1) is 0 Å². The molecule has 0 spiro atoms. The first-order valence-corrected chi connectivity index (χ1v) is 9.42. The number of nitrogens with zero attached hydrogens (tertiary/aromatic N) is 2. The summed E-state index contributed by atoms with van der Waals surface area (Å²) in [6, 6.07) is 6.42. The van der Waals surface area contributed by atoms with Crippen LogP contribution in [0.15, 0.2) is 30.3 Å². The van der Waals surface area contributed by atoms with E-state index >= 15 is 0 Å². The molecule has 8 heteroatoms. The van der Waals surface area contributed by atoms with Crippen LogP contribution in [0.1, 0.15) is 60.4 Å². The SMILES string of the molecule is Cc1nc(Nc2cccc(C(F)(F)F)c2)cc(C(=O)NC2CCCCCC2)n1. The van der Waals surface area contributed by atoms with Crippen LogP contribution >= 0.6 is 0 Å². The number of anilines is 2. The third-order valence-electron chi connectivity index (χ3n) is 4.72. The molecule has 1 heterocycles. The Morgan fingerprint density at radius 2 is 1.79 bits per heavy atom. The molecule has 1 amide bonds. The molecular formula is C20H23F3N4O. The van der Waals surface area contributed by atoms with Crippen LogP contribution in [-0.4, -0.2) is 21.9 Å². The zero-order chi connectivity index (χ0) is 20.1. The standard InChI is InChI=1S/C20H23F3N4O/c1-13-24-17(19(28)27-15-8-4-2-3-5-9-15)12-18(25-13)26-16-10-6-7-14(11-16)20(21,22)23/h6-7,10-12,15H,2-5,8-9H2,1H3,(H,27,28)(H,24,25,26). The highest BCUT2D eigenvalue weighted by molar-refractivity contribution is 5.93. The molecule has 2 aromatic rings. The number of hydrogen-bond acceptors (Lipinski definition) is 4. The zero-order valence-corrected chi connectivity index (χ0v) is 15.6. The lowest BCUT2D eigenvalue weighted by Gasteiger charge is -2.16. The first kappa shape index (κ1) is 20.1. The summed E-state index contributed by atoms with van der Waals surface area (Å²) >= 11 is 0. The van der Waals surface area contributed by atoms with Gasteiger partial charge in [0.25, 0.3) is 5.91 Å². The van der Waals surface area contributed by atoms with Crippen LogP contribution in [0, 0.1) is 6.92 Å². The quantitative estimate of drug-likeness (QED) is 0.719. The van der Waals surface area contributed by atoms with Gasteiger partial charge in [0.05, 0.1) is 5.56 Å². The van der Waals surface area contributed by atoms with Crippen molar-refractivity contribution in [2.24, 2.45) is 0 Å². The van der Waals surface area contributed by atoms with E-state index in [2.05, 4.69) is 20.6 Å². The van der Waals surface area contributed by atoms with Gasteiger partial charge in [0.15, 0.2) is 0 Å². The lowest BCUT2D eigenvalue weighted by atomic mass is 10.1. The van der Waals surface area contributed by atoms with Gasteiger partial charge in [0.1, 0.15) is 17.3 Å². The fraction of sp³-hybridized carbons (Fsp3) is 0.450. The second-order valence-corrected chi connectivity index (χ2v) is 7.05. The van der Waals surface area contributed by atoms with Crippen LogP contribution in [-0.2, 0) is 6.18 Å². The lowest BCUT2D eigenvalue weighted by molar-refractivity contribution is -0.137. The van der Waals surface area contributed by atoms with E-state index in [1.54, 1.807) is 6.92 Å². The molecule has 1 aromatic heterocycles. The third-order valence-corrected chi connectivity index (χ3v) is 4.72. The fourth-order valence-electron chi connectivity index (χ4n) is 3.35. The molecule has 1 aliphatic carbocycles. The van der Waals surface area contributed by atoms with Gasteiger partial charge in [-0.2, -0.15) is 13.2 Å². The lowest BCUT2D eigenvalue weighted by Crippen LogP contribution is -2.35. The largest absolute Gasteiger partial charge is 0.416 e. The molecule has 150 valence electrons. The molecule has 0 unspecified atom stereocenters. The molecular weight excluding hydrogens is 369 g/mol. The van der Waals surface area contributed by atoms with Crippen molar-refractivity contribution in [3.63, 3.8) is 0 Å². The van der Waals surface area contributed by atoms with E-state index in [9.17, 15) is 18.0 Å². The van der Waals surface area contributed by atoms with Gasteiger partial charge in [-0.3, -0.25) is 4.79 Å². The van der Waals surface area contributed by atoms with Crippen molar-refractivity contribution in [3.05, 3.63) is 47.4 Å². The molecule has 1 aliphatic rings. The van der Waals surface area contributed by atoms with E-state index in [1.165, 1.54) is 31.0 Å². The van der Waals surface area contributed by atoms with Crippen molar-refractivity contribution < 1.29 is 18.0 Å². The van der Waals surface area contributed by atoms with Gasteiger partial charge >= 0.3 is 6.18 Å². The van der Waals surface area contributed by atoms with Crippen molar-refractivity contribution in [3.8, 4) is 0 Å². The van der Waals surface area contributed by atoms with E-state index in [0.717, 1.165) is 37.8 Å². The molecule has 1 aromatic carbocycles. The number of halogens is 3. The number of carbonyl (C=O) groups excluding carboxylic acids is 1. The minimum Gasteiger partial charge on any atom is -0.348 e. The number of benzene rings is 1. The van der Waals surface area contributed by atoms with E-state index in [4.69, 9.17) is 0 Å². The highest BCUT2D eigenvalue weighted by Crippen LogP contribution is 2.31. The molecule has 0 aliphatic heterocycles. The van der Waals surface area contributed by atoms with E-state index in [1.807, 2.05) is 0 Å². The van der Waals surface area contributed by atoms with Crippen molar-refractivity contribution >= 4 is 17.4 Å². The number of amides is 1. The second kappa shape index (κ2) is 8.58. The molecule has 1 fully saturated rings. The first-order valence-electron chi connectivity index (χ1n) is 9.42. The number of aryl methyl sites for hydroxylation is 1. The topological polar surface area (TPSA) is 66.9 Å². The minimum atomic E-state index is -4.43. The number of nitrogens with one attached hydrogen (secondary N) is 2. The smallest absolute Gasteiger partial charge is 0.348 e. The number of carbonyl (C=O) groups is 1. The van der Waals surface area contributed by atoms with Gasteiger partial charge in [0, 0.05) is 17.8 Å². The second-order valence-electron chi connectivity index (χ2n) is 7.05. The average molecular weight is 392 g/mol. The Labute approximate surface area is 161 Å². The summed E-state index contributed by atoms with van der Waals surface area (Å²) in [4.78, 5) is 20.9. The van der Waals surface area contributed by atoms with Gasteiger partial charge in [0.2, 0.25) is 0 Å². The van der Waals surface area contributed by atoms with Crippen molar-refractivity contribution in [2.75, 3.05) is 5.32 Å². The molecule has 3 rings (SSSR count). The third kappa shape index (κ3) is 5.43. The van der Waals surface area contributed by atoms with Gasteiger partial charge in [-0.1, -0.05) is 31.7 Å². The Morgan fingerprint density at radius 1 is 1.07 bits per heavy atom. The number of alkyl halides is 3. The van der Waals surface area contributed by atoms with Crippen LogP contribution in [0.5, 0.6) is 0 Å². The Bertz CT molecular complexity index is 830. The summed E-state index contributed by atoms with van der Waals surface area (Å²) in [5, 5.41) is 5.85. The van der Waals surface area contributed by atoms with Gasteiger partial charge in [-0.05, 0) is 38.0 Å². The maximum absolute atomic E-state index is 12.9. The normalized spacial score (nSPS) is 15.7. The summed E-state index contributed by atoms with van der Waals surface area (Å²) in [5.41, 5.74) is -0.316. The Hall–Kier alpha value is -2.64. The monoisotopic (exact) mass is 392 g/mol. The van der Waals surface area contributed by atoms with E-state index in [-0.39, 0.29) is 29.1 Å². The van der Waals surface area contributed by atoms with Crippen LogP contribution < -0.4 is 10.6 Å². The van der Waals surface area contributed by atoms with Crippen molar-refractivity contribution in [1.29, 1.82) is 0 Å². The molecule has 1 saturated carbocycles. The Balaban J connectivity index is 1.75. The van der Waals surface area contributed by atoms with Crippen molar-refractivity contribution in [1.82, 2.24) is 15.3 Å². The fourth-order valence-corrected chi connectivity index (χ4v) is 3.35. The van der Waals surface area contributed by atoms with Crippen LogP contribution in [0.2, 0.25) is 0 Å². The summed E-state index contributed by atoms with van der Waals surface area (Å²) < 4.78 is 38.7. The Morgan fingerprint density at radius 3 is 2.46 bits per heavy atom. The highest BCUT2D eigenvalue weighted by Gasteiger charge is 2.30. The predicted octanol–water partition coefficient (Wildman–Crippen LogP) is 5.00. The number of aromatic nitrogens is 2. The van der Waals surface area contributed by atoms with Gasteiger partial charge in [-0.25, -0.2) is 9.97 Å².